The van der Waals surface area contributed by atoms with Crippen molar-refractivity contribution in [2.75, 3.05) is 0 Å². The van der Waals surface area contributed by atoms with Gasteiger partial charge < -0.3 is 9.97 Å². The van der Waals surface area contributed by atoms with Gasteiger partial charge in [-0.05, 0) is 46.1 Å². The second kappa shape index (κ2) is 11.6. The van der Waals surface area contributed by atoms with Crippen LogP contribution in [0, 0.1) is 19.1 Å². The Bertz CT molecular complexity index is 1610. The van der Waals surface area contributed by atoms with Crippen LogP contribution >= 0.6 is 11.3 Å². The van der Waals surface area contributed by atoms with Crippen LogP contribution in [0.5, 0.6) is 0 Å². The number of hydrogen-bond donors (Lipinski definition) is 0. The van der Waals surface area contributed by atoms with E-state index in [0.717, 1.165) is 22.5 Å². The number of pyridine rings is 2. The van der Waals surface area contributed by atoms with Gasteiger partial charge in [0.1, 0.15) is 0 Å². The van der Waals surface area contributed by atoms with E-state index in [1.165, 1.54) is 30.9 Å². The van der Waals surface area contributed by atoms with Gasteiger partial charge in [0, 0.05) is 37.2 Å². The monoisotopic (exact) mass is 693 g/mol. The minimum absolute atomic E-state index is 0. The molecule has 3 heterocycles. The van der Waals surface area contributed by atoms with E-state index in [1.807, 2.05) is 79.2 Å². The van der Waals surface area contributed by atoms with Gasteiger partial charge in [-0.25, -0.2) is 0 Å². The second-order valence-corrected chi connectivity index (χ2v) is 16.0. The minimum Gasteiger partial charge on any atom is -0.305 e. The molecule has 0 aliphatic carbocycles. The first-order valence-corrected chi connectivity index (χ1v) is 16.4. The molecule has 187 valence electrons. The minimum atomic E-state index is -1.29. The van der Waals surface area contributed by atoms with E-state index in [9.17, 15) is 0 Å². The Labute approximate surface area is 237 Å². The zero-order valence-electron chi connectivity index (χ0n) is 21.4. The summed E-state index contributed by atoms with van der Waals surface area (Å²) in [6.45, 7) is 9.23. The van der Waals surface area contributed by atoms with Crippen molar-refractivity contribution in [2.45, 2.75) is 26.6 Å². The van der Waals surface area contributed by atoms with Crippen molar-refractivity contribution in [1.29, 1.82) is 0 Å². The first kappa shape index (κ1) is 27.1. The molecule has 5 heteroatoms. The molecule has 1 radical (unpaired) electrons. The number of thiophene rings is 1. The fourth-order valence-corrected chi connectivity index (χ4v) is 6.60. The SMILES string of the molecule is C[Si](C)(C)c1ccc2c(c1)sc1c(-c3ccccn3)[c-]ccc12.Cc1ccc(-c2[c-]cccc2)nc1.[Ir]. The summed E-state index contributed by atoms with van der Waals surface area (Å²) in [5.41, 5.74) is 5.31. The Balaban J connectivity index is 0.000000195. The smallest absolute Gasteiger partial charge is 0.0776 e. The van der Waals surface area contributed by atoms with E-state index in [4.69, 9.17) is 0 Å². The largest absolute Gasteiger partial charge is 0.305 e. The molecule has 0 aliphatic rings. The molecule has 37 heavy (non-hydrogen) atoms. The zero-order chi connectivity index (χ0) is 25.1. The Morgan fingerprint density at radius 2 is 1.59 bits per heavy atom. The van der Waals surface area contributed by atoms with E-state index >= 15 is 0 Å². The topological polar surface area (TPSA) is 25.8 Å². The number of fused-ring (bicyclic) bond motifs is 3. The van der Waals surface area contributed by atoms with Crippen LogP contribution in [0.25, 0.3) is 42.7 Å². The molecule has 0 N–H and O–H groups in total. The van der Waals surface area contributed by atoms with Gasteiger partial charge in [0.05, 0.1) is 8.07 Å². The molecule has 3 aromatic carbocycles. The predicted molar refractivity (Wildman–Crippen MR) is 158 cm³/mol. The number of benzene rings is 3. The van der Waals surface area contributed by atoms with E-state index in [0.29, 0.717) is 0 Å². The summed E-state index contributed by atoms with van der Waals surface area (Å²) in [4.78, 5) is 8.83. The average Bonchev–Trinajstić information content (AvgIpc) is 3.28. The van der Waals surface area contributed by atoms with Gasteiger partial charge >= 0.3 is 0 Å². The van der Waals surface area contributed by atoms with E-state index in [-0.39, 0.29) is 20.1 Å². The Morgan fingerprint density at radius 1 is 0.757 bits per heavy atom. The van der Waals surface area contributed by atoms with Crippen molar-refractivity contribution >= 4 is 44.8 Å². The Hall–Kier alpha value is -2.95. The molecule has 6 rings (SSSR count). The molecule has 6 aromatic rings. The molecule has 0 unspecified atom stereocenters. The van der Waals surface area contributed by atoms with Crippen LogP contribution in [0.4, 0.5) is 0 Å². The van der Waals surface area contributed by atoms with Crippen LogP contribution in [-0.4, -0.2) is 18.0 Å². The van der Waals surface area contributed by atoms with Gasteiger partial charge in [0.2, 0.25) is 0 Å². The molecule has 0 saturated heterocycles. The van der Waals surface area contributed by atoms with Crippen LogP contribution in [0.2, 0.25) is 19.6 Å². The molecular weight excluding hydrogens is 665 g/mol. The normalized spacial score (nSPS) is 11.0. The van der Waals surface area contributed by atoms with Gasteiger partial charge in [0.25, 0.3) is 0 Å². The summed E-state index contributed by atoms with van der Waals surface area (Å²) in [5.74, 6) is 0. The fourth-order valence-electron chi connectivity index (χ4n) is 4.09. The predicted octanol–water partition coefficient (Wildman–Crippen LogP) is 8.32. The van der Waals surface area contributed by atoms with Crippen LogP contribution in [0.1, 0.15) is 5.56 Å². The van der Waals surface area contributed by atoms with Crippen LogP contribution < -0.4 is 5.19 Å². The summed E-state index contributed by atoms with van der Waals surface area (Å²) in [5, 5.41) is 4.17. The van der Waals surface area contributed by atoms with Gasteiger partial charge in [0.15, 0.2) is 0 Å². The zero-order valence-corrected chi connectivity index (χ0v) is 25.6. The molecule has 0 bridgehead atoms. The van der Waals surface area contributed by atoms with Gasteiger partial charge in [-0.15, -0.1) is 59.7 Å². The second-order valence-electron chi connectivity index (χ2n) is 9.87. The maximum absolute atomic E-state index is 4.51. The summed E-state index contributed by atoms with van der Waals surface area (Å²) >= 11 is 1.86. The Morgan fingerprint density at radius 3 is 2.27 bits per heavy atom. The maximum Gasteiger partial charge on any atom is 0.0776 e. The van der Waals surface area contributed by atoms with Crippen LogP contribution in [0.15, 0.2) is 97.3 Å². The molecule has 2 nitrogen and oxygen atoms in total. The molecule has 3 aromatic heterocycles. The molecule has 0 fully saturated rings. The maximum atomic E-state index is 4.51. The third-order valence-corrected chi connectivity index (χ3v) is 9.35. The summed E-state index contributed by atoms with van der Waals surface area (Å²) < 4.78 is 2.66. The molecular formula is C32H28IrN2SSi-2. The number of hydrogen-bond acceptors (Lipinski definition) is 3. The molecule has 0 amide bonds. The van der Waals surface area contributed by atoms with Crippen molar-refractivity contribution in [2.24, 2.45) is 0 Å². The van der Waals surface area contributed by atoms with E-state index < -0.39 is 8.07 Å². The summed E-state index contributed by atoms with van der Waals surface area (Å²) in [6.07, 6.45) is 3.72. The van der Waals surface area contributed by atoms with Crippen molar-refractivity contribution in [3.8, 4) is 22.5 Å². The Kier molecular flexibility index (Phi) is 8.51. The van der Waals surface area contributed by atoms with Crippen molar-refractivity contribution in [3.63, 3.8) is 0 Å². The molecule has 0 atom stereocenters. The van der Waals surface area contributed by atoms with Crippen molar-refractivity contribution < 1.29 is 20.1 Å². The third-order valence-electron chi connectivity index (χ3n) is 6.12. The van der Waals surface area contributed by atoms with E-state index in [1.54, 1.807) is 0 Å². The number of aromatic nitrogens is 2. The first-order valence-electron chi connectivity index (χ1n) is 12.1. The van der Waals surface area contributed by atoms with Crippen LogP contribution in [-0.2, 0) is 20.1 Å². The number of nitrogens with zero attached hydrogens (tertiary/aromatic N) is 2. The van der Waals surface area contributed by atoms with E-state index in [2.05, 4.69) is 78.1 Å². The van der Waals surface area contributed by atoms with Crippen LogP contribution in [0.3, 0.4) is 0 Å². The molecule has 0 spiro atoms. The molecule has 0 saturated carbocycles. The van der Waals surface area contributed by atoms with Gasteiger partial charge in [-0.2, -0.15) is 11.3 Å². The quantitative estimate of drug-likeness (QED) is 0.138. The van der Waals surface area contributed by atoms with Crippen molar-refractivity contribution in [3.05, 3.63) is 115 Å². The average molecular weight is 693 g/mol. The van der Waals surface area contributed by atoms with Gasteiger partial charge in [-0.1, -0.05) is 66.6 Å². The first-order chi connectivity index (χ1) is 17.4. The summed E-state index contributed by atoms with van der Waals surface area (Å²) in [7, 11) is -1.29. The standard InChI is InChI=1S/C20H18NSSi.C12H10N.Ir/c1-23(2,3)14-10-11-15-16-7-6-8-17(18-9-4-5-12-21-18)20(16)22-19(15)13-14;1-10-7-8-12(13-9-10)11-5-3-2-4-6-11;/h4-7,9-13H,1-3H3;2-5,7-9H,1H3;/q2*-1;. The van der Waals surface area contributed by atoms with Gasteiger partial charge in [-0.3, -0.25) is 0 Å². The molecule has 0 aliphatic heterocycles. The third kappa shape index (κ3) is 6.14. The fraction of sp³-hybridized carbons (Fsp3) is 0.125. The summed E-state index contributed by atoms with van der Waals surface area (Å²) in [6, 6.07) is 35.7. The van der Waals surface area contributed by atoms with Crippen molar-refractivity contribution in [1.82, 2.24) is 9.97 Å². The number of rotatable bonds is 3. The number of aryl methyl sites for hydroxylation is 1.